The summed E-state index contributed by atoms with van der Waals surface area (Å²) in [6.45, 7) is 4.71. The fourth-order valence-corrected chi connectivity index (χ4v) is 1.41. The average Bonchev–Trinajstić information content (AvgIpc) is 2.35. The predicted octanol–water partition coefficient (Wildman–Crippen LogP) is 2.51. The van der Waals surface area contributed by atoms with Crippen molar-refractivity contribution >= 4 is 0 Å². The van der Waals surface area contributed by atoms with Gasteiger partial charge in [-0.15, -0.1) is 0 Å². The Morgan fingerprint density at radius 2 is 1.94 bits per heavy atom. The summed E-state index contributed by atoms with van der Waals surface area (Å²) in [6.07, 6.45) is 0. The zero-order valence-corrected chi connectivity index (χ0v) is 10.0. The lowest BCUT2D eigenvalue weighted by atomic mass is 10.1. The van der Waals surface area contributed by atoms with Gasteiger partial charge in [-0.05, 0) is 31.5 Å². The Bertz CT molecular complexity index is 353. The number of hydrogen-bond acceptors (Lipinski definition) is 3. The third-order valence-electron chi connectivity index (χ3n) is 2.57. The molecule has 86 valence electrons. The smallest absolute Gasteiger partial charge is 0.118 e. The van der Waals surface area contributed by atoms with E-state index in [1.54, 1.807) is 7.11 Å². The Morgan fingerprint density at radius 3 is 2.44 bits per heavy atom. The highest BCUT2D eigenvalue weighted by Crippen LogP contribution is 2.17. The fourth-order valence-electron chi connectivity index (χ4n) is 1.41. The first-order chi connectivity index (χ1) is 7.67. The lowest BCUT2D eigenvalue weighted by Gasteiger charge is -2.15. The van der Waals surface area contributed by atoms with Crippen LogP contribution in [-0.4, -0.2) is 13.7 Å². The minimum atomic E-state index is 0.0423. The highest BCUT2D eigenvalue weighted by molar-refractivity contribution is 5.28. The third kappa shape index (κ3) is 3.56. The van der Waals surface area contributed by atoms with Gasteiger partial charge in [-0.1, -0.05) is 12.1 Å². The Morgan fingerprint density at radius 1 is 1.31 bits per heavy atom. The molecule has 1 aromatic carbocycles. The van der Waals surface area contributed by atoms with Crippen molar-refractivity contribution in [3.8, 4) is 11.8 Å². The highest BCUT2D eigenvalue weighted by Gasteiger charge is 2.06. The second-order valence-corrected chi connectivity index (χ2v) is 3.93. The summed E-state index contributed by atoms with van der Waals surface area (Å²) in [4.78, 5) is 0. The number of rotatable bonds is 5. The van der Waals surface area contributed by atoms with Crippen LogP contribution < -0.4 is 10.1 Å². The van der Waals surface area contributed by atoms with Crippen molar-refractivity contribution in [3.63, 3.8) is 0 Å². The average molecular weight is 218 g/mol. The Kier molecular flexibility index (Phi) is 4.81. The predicted molar refractivity (Wildman–Crippen MR) is 64.2 cm³/mol. The maximum absolute atomic E-state index is 8.68. The molecule has 0 fully saturated rings. The van der Waals surface area contributed by atoms with Crippen LogP contribution in [-0.2, 0) is 0 Å². The van der Waals surface area contributed by atoms with E-state index >= 15 is 0 Å². The second kappa shape index (κ2) is 6.14. The molecule has 2 atom stereocenters. The topological polar surface area (TPSA) is 45.0 Å². The second-order valence-electron chi connectivity index (χ2n) is 3.93. The molecule has 1 N–H and O–H groups in total. The summed E-state index contributed by atoms with van der Waals surface area (Å²) in [7, 11) is 1.66. The van der Waals surface area contributed by atoms with Crippen molar-refractivity contribution < 1.29 is 4.74 Å². The van der Waals surface area contributed by atoms with E-state index in [1.165, 1.54) is 5.56 Å². The number of nitrogens with zero attached hydrogens (tertiary/aromatic N) is 1. The van der Waals surface area contributed by atoms with Crippen LogP contribution >= 0.6 is 0 Å². The van der Waals surface area contributed by atoms with Crippen LogP contribution in [0.3, 0.4) is 0 Å². The molecule has 3 nitrogen and oxygen atoms in total. The van der Waals surface area contributed by atoms with Crippen LogP contribution in [0.15, 0.2) is 24.3 Å². The molecule has 0 aliphatic rings. The number of nitriles is 1. The van der Waals surface area contributed by atoms with Crippen LogP contribution in [0.1, 0.15) is 25.5 Å². The van der Waals surface area contributed by atoms with Crippen molar-refractivity contribution in [1.29, 1.82) is 5.26 Å². The van der Waals surface area contributed by atoms with Crippen LogP contribution in [0.4, 0.5) is 0 Å². The quantitative estimate of drug-likeness (QED) is 0.826. The lowest BCUT2D eigenvalue weighted by Crippen LogP contribution is -2.23. The summed E-state index contributed by atoms with van der Waals surface area (Å²) >= 11 is 0. The lowest BCUT2D eigenvalue weighted by molar-refractivity contribution is 0.414. The Labute approximate surface area is 97.0 Å². The van der Waals surface area contributed by atoms with E-state index in [9.17, 15) is 0 Å². The minimum absolute atomic E-state index is 0.0423. The molecule has 0 saturated heterocycles. The Balaban J connectivity index is 2.53. The van der Waals surface area contributed by atoms with Crippen LogP contribution in [0.5, 0.6) is 5.75 Å². The van der Waals surface area contributed by atoms with Gasteiger partial charge >= 0.3 is 0 Å². The summed E-state index contributed by atoms with van der Waals surface area (Å²) < 4.78 is 5.10. The molecule has 0 aliphatic heterocycles. The molecule has 0 aromatic heterocycles. The molecule has 0 aliphatic carbocycles. The normalized spacial score (nSPS) is 13.9. The van der Waals surface area contributed by atoms with Crippen molar-refractivity contribution in [2.24, 2.45) is 5.92 Å². The van der Waals surface area contributed by atoms with Gasteiger partial charge < -0.3 is 10.1 Å². The SMILES string of the molecule is COc1ccc(C(C)NCC(C)C#N)cc1. The van der Waals surface area contributed by atoms with Crippen molar-refractivity contribution in [3.05, 3.63) is 29.8 Å². The van der Waals surface area contributed by atoms with Gasteiger partial charge in [-0.3, -0.25) is 0 Å². The number of nitrogens with one attached hydrogen (secondary N) is 1. The minimum Gasteiger partial charge on any atom is -0.497 e. The Hall–Kier alpha value is -1.53. The van der Waals surface area contributed by atoms with Crippen molar-refractivity contribution in [2.75, 3.05) is 13.7 Å². The van der Waals surface area contributed by atoms with Crippen molar-refractivity contribution in [1.82, 2.24) is 5.32 Å². The molecule has 0 bridgehead atoms. The van der Waals surface area contributed by atoms with Gasteiger partial charge in [0.05, 0.1) is 19.1 Å². The van der Waals surface area contributed by atoms with Crippen molar-refractivity contribution in [2.45, 2.75) is 19.9 Å². The third-order valence-corrected chi connectivity index (χ3v) is 2.57. The first kappa shape index (κ1) is 12.5. The summed E-state index contributed by atoms with van der Waals surface area (Å²) in [5.74, 6) is 0.905. The standard InChI is InChI=1S/C13H18N2O/c1-10(8-14)9-15-11(2)12-4-6-13(16-3)7-5-12/h4-7,10-11,15H,9H2,1-3H3. The summed E-state index contributed by atoms with van der Waals surface area (Å²) in [5.41, 5.74) is 1.20. The molecule has 1 aromatic rings. The first-order valence-corrected chi connectivity index (χ1v) is 5.44. The molecule has 0 radical (unpaired) electrons. The molecule has 0 saturated carbocycles. The van der Waals surface area contributed by atoms with E-state index in [0.717, 1.165) is 5.75 Å². The van der Waals surface area contributed by atoms with E-state index in [1.807, 2.05) is 31.2 Å². The van der Waals surface area contributed by atoms with Gasteiger partial charge in [0.2, 0.25) is 0 Å². The molecule has 0 heterocycles. The molecular weight excluding hydrogens is 200 g/mol. The van der Waals surface area contributed by atoms with Gasteiger partial charge in [0.1, 0.15) is 5.75 Å². The van der Waals surface area contributed by atoms with Gasteiger partial charge in [0, 0.05) is 12.6 Å². The molecule has 3 heteroatoms. The van der Waals surface area contributed by atoms with E-state index in [2.05, 4.69) is 18.3 Å². The van der Waals surface area contributed by atoms with E-state index in [0.29, 0.717) is 6.54 Å². The van der Waals surface area contributed by atoms with Crippen LogP contribution in [0, 0.1) is 17.2 Å². The zero-order chi connectivity index (χ0) is 12.0. The maximum atomic E-state index is 8.68. The maximum Gasteiger partial charge on any atom is 0.118 e. The molecule has 16 heavy (non-hydrogen) atoms. The van der Waals surface area contributed by atoms with Crippen LogP contribution in [0.25, 0.3) is 0 Å². The molecule has 0 amide bonds. The van der Waals surface area contributed by atoms with Gasteiger partial charge in [0.15, 0.2) is 0 Å². The number of ether oxygens (including phenoxy) is 1. The number of hydrogen-bond donors (Lipinski definition) is 1. The van der Waals surface area contributed by atoms with E-state index in [4.69, 9.17) is 10.00 Å². The number of benzene rings is 1. The largest absolute Gasteiger partial charge is 0.497 e. The molecule has 2 unspecified atom stereocenters. The number of methoxy groups -OCH3 is 1. The fraction of sp³-hybridized carbons (Fsp3) is 0.462. The van der Waals surface area contributed by atoms with E-state index < -0.39 is 0 Å². The first-order valence-electron chi connectivity index (χ1n) is 5.44. The summed E-state index contributed by atoms with van der Waals surface area (Å²) in [6, 6.07) is 10.4. The molecule has 0 spiro atoms. The molecule has 1 rings (SSSR count). The molecular formula is C13H18N2O. The van der Waals surface area contributed by atoms with E-state index in [-0.39, 0.29) is 12.0 Å². The van der Waals surface area contributed by atoms with Gasteiger partial charge in [-0.2, -0.15) is 5.26 Å². The van der Waals surface area contributed by atoms with Gasteiger partial charge in [0.25, 0.3) is 0 Å². The highest BCUT2D eigenvalue weighted by atomic mass is 16.5. The zero-order valence-electron chi connectivity index (χ0n) is 10.0. The van der Waals surface area contributed by atoms with Gasteiger partial charge in [-0.25, -0.2) is 0 Å². The van der Waals surface area contributed by atoms with Crippen LogP contribution in [0.2, 0.25) is 0 Å². The monoisotopic (exact) mass is 218 g/mol. The summed E-state index contributed by atoms with van der Waals surface area (Å²) in [5, 5.41) is 12.0.